The minimum atomic E-state index is -0.460. The molecule has 2 fully saturated rings. The van der Waals surface area contributed by atoms with Gasteiger partial charge in [0.05, 0.1) is 6.04 Å². The lowest BCUT2D eigenvalue weighted by Gasteiger charge is -2.35. The number of aromatic nitrogens is 3. The molecule has 7 nitrogen and oxygen atoms in total. The van der Waals surface area contributed by atoms with Crippen LogP contribution in [0.1, 0.15) is 82.1 Å². The van der Waals surface area contributed by atoms with Crippen molar-refractivity contribution in [2.75, 3.05) is 6.54 Å². The zero-order valence-electron chi connectivity index (χ0n) is 22.1. The molecule has 0 bridgehead atoms. The SMILES string of the molecule is CC[C@@H](C)C(=O)N[C@H](C(=O)N1CCC[C@H]1c1nc2c(-c3ccccc3)nc(C)nc2s1)C1CCCCC1. The van der Waals surface area contributed by atoms with Gasteiger partial charge < -0.3 is 10.2 Å². The van der Waals surface area contributed by atoms with Crippen molar-refractivity contribution in [1.29, 1.82) is 0 Å². The predicted octanol–water partition coefficient (Wildman–Crippen LogP) is 5.84. The van der Waals surface area contributed by atoms with Gasteiger partial charge in [-0.1, -0.05) is 74.8 Å². The van der Waals surface area contributed by atoms with E-state index in [0.29, 0.717) is 12.4 Å². The van der Waals surface area contributed by atoms with Crippen LogP contribution in [0.4, 0.5) is 0 Å². The topological polar surface area (TPSA) is 88.1 Å². The number of carbonyl (C=O) groups is 2. The number of amides is 2. The zero-order chi connectivity index (χ0) is 25.9. The Morgan fingerprint density at radius 3 is 2.54 bits per heavy atom. The van der Waals surface area contributed by atoms with E-state index in [4.69, 9.17) is 9.97 Å². The highest BCUT2D eigenvalue weighted by molar-refractivity contribution is 7.18. The first kappa shape index (κ1) is 25.8. The predicted molar refractivity (Wildman–Crippen MR) is 147 cm³/mol. The first-order valence-electron chi connectivity index (χ1n) is 13.8. The fraction of sp³-hybridized carbons (Fsp3) is 0.552. The molecular formula is C29H37N5O2S. The number of nitrogens with one attached hydrogen (secondary N) is 1. The van der Waals surface area contributed by atoms with Crippen LogP contribution in [0, 0.1) is 18.8 Å². The number of fused-ring (bicyclic) bond motifs is 1. The van der Waals surface area contributed by atoms with Crippen LogP contribution in [0.2, 0.25) is 0 Å². The van der Waals surface area contributed by atoms with E-state index in [9.17, 15) is 9.59 Å². The fourth-order valence-electron chi connectivity index (χ4n) is 5.68. The summed E-state index contributed by atoms with van der Waals surface area (Å²) in [5, 5.41) is 4.09. The van der Waals surface area contributed by atoms with Crippen molar-refractivity contribution < 1.29 is 9.59 Å². The minimum absolute atomic E-state index is 0.0135. The van der Waals surface area contributed by atoms with Crippen molar-refractivity contribution in [2.24, 2.45) is 11.8 Å². The molecule has 2 amide bonds. The number of aryl methyl sites for hydroxylation is 1. The Morgan fingerprint density at radius 1 is 1.05 bits per heavy atom. The Morgan fingerprint density at radius 2 is 1.81 bits per heavy atom. The molecule has 3 heterocycles. The number of hydrogen-bond donors (Lipinski definition) is 1. The summed E-state index contributed by atoms with van der Waals surface area (Å²) in [6.07, 6.45) is 8.00. The average molecular weight is 520 g/mol. The monoisotopic (exact) mass is 519 g/mol. The second kappa shape index (κ2) is 11.3. The van der Waals surface area contributed by atoms with E-state index in [2.05, 4.69) is 10.3 Å². The maximum atomic E-state index is 14.1. The van der Waals surface area contributed by atoms with Crippen LogP contribution < -0.4 is 5.32 Å². The molecule has 3 atom stereocenters. The molecule has 3 aromatic rings. The number of rotatable bonds is 7. The largest absolute Gasteiger partial charge is 0.344 e. The number of carbonyl (C=O) groups excluding carboxylic acids is 2. The van der Waals surface area contributed by atoms with Crippen molar-refractivity contribution in [2.45, 2.75) is 84.2 Å². The van der Waals surface area contributed by atoms with Gasteiger partial charge in [0.2, 0.25) is 11.8 Å². The van der Waals surface area contributed by atoms with Crippen LogP contribution in [0.15, 0.2) is 30.3 Å². The molecule has 0 radical (unpaired) electrons. The molecule has 0 unspecified atom stereocenters. The summed E-state index contributed by atoms with van der Waals surface area (Å²) in [7, 11) is 0. The van der Waals surface area contributed by atoms with E-state index >= 15 is 0 Å². The summed E-state index contributed by atoms with van der Waals surface area (Å²) in [5.41, 5.74) is 2.65. The van der Waals surface area contributed by atoms with E-state index in [1.54, 1.807) is 11.3 Å². The molecule has 0 spiro atoms. The van der Waals surface area contributed by atoms with Gasteiger partial charge >= 0.3 is 0 Å². The second-order valence-corrected chi connectivity index (χ2v) is 11.6. The van der Waals surface area contributed by atoms with Crippen LogP contribution in [0.3, 0.4) is 0 Å². The van der Waals surface area contributed by atoms with Gasteiger partial charge in [-0.3, -0.25) is 9.59 Å². The van der Waals surface area contributed by atoms with Gasteiger partial charge in [0.25, 0.3) is 0 Å². The maximum absolute atomic E-state index is 14.1. The maximum Gasteiger partial charge on any atom is 0.246 e. The third-order valence-electron chi connectivity index (χ3n) is 8.00. The lowest BCUT2D eigenvalue weighted by molar-refractivity contribution is -0.140. The third-order valence-corrected chi connectivity index (χ3v) is 9.05. The van der Waals surface area contributed by atoms with Crippen molar-refractivity contribution in [1.82, 2.24) is 25.2 Å². The summed E-state index contributed by atoms with van der Waals surface area (Å²) < 4.78 is 0. The van der Waals surface area contributed by atoms with E-state index < -0.39 is 6.04 Å². The van der Waals surface area contributed by atoms with Crippen LogP contribution in [0.25, 0.3) is 21.6 Å². The summed E-state index contributed by atoms with van der Waals surface area (Å²) in [4.78, 5) is 44.3. The summed E-state index contributed by atoms with van der Waals surface area (Å²) >= 11 is 1.56. The van der Waals surface area contributed by atoms with Crippen molar-refractivity contribution >= 4 is 33.5 Å². The van der Waals surface area contributed by atoms with E-state index in [1.165, 1.54) is 6.42 Å². The Hall–Kier alpha value is -2.87. The molecule has 5 rings (SSSR count). The van der Waals surface area contributed by atoms with E-state index in [-0.39, 0.29) is 29.7 Å². The van der Waals surface area contributed by atoms with E-state index in [1.807, 2.05) is 56.0 Å². The van der Waals surface area contributed by atoms with Gasteiger partial charge in [-0.05, 0) is 44.9 Å². The smallest absolute Gasteiger partial charge is 0.246 e. The summed E-state index contributed by atoms with van der Waals surface area (Å²) in [6, 6.07) is 9.53. The number of nitrogens with zero attached hydrogens (tertiary/aromatic N) is 4. The minimum Gasteiger partial charge on any atom is -0.344 e. The zero-order valence-corrected chi connectivity index (χ0v) is 22.9. The van der Waals surface area contributed by atoms with Gasteiger partial charge in [-0.2, -0.15) is 0 Å². The highest BCUT2D eigenvalue weighted by Crippen LogP contribution is 2.39. The normalized spacial score (nSPS) is 20.2. The Kier molecular flexibility index (Phi) is 7.84. The van der Waals surface area contributed by atoms with Crippen molar-refractivity contribution in [3.8, 4) is 11.3 Å². The van der Waals surface area contributed by atoms with Crippen LogP contribution >= 0.6 is 11.3 Å². The molecule has 2 aromatic heterocycles. The Labute approximate surface area is 223 Å². The van der Waals surface area contributed by atoms with Crippen molar-refractivity contribution in [3.63, 3.8) is 0 Å². The first-order valence-corrected chi connectivity index (χ1v) is 14.6. The molecule has 37 heavy (non-hydrogen) atoms. The van der Waals surface area contributed by atoms with E-state index in [0.717, 1.165) is 71.6 Å². The first-order chi connectivity index (χ1) is 18.0. The van der Waals surface area contributed by atoms with Crippen molar-refractivity contribution in [3.05, 3.63) is 41.2 Å². The third kappa shape index (κ3) is 5.40. The average Bonchev–Trinajstić information content (AvgIpc) is 3.58. The van der Waals surface area contributed by atoms with Gasteiger partial charge in [-0.25, -0.2) is 15.0 Å². The van der Waals surface area contributed by atoms with Gasteiger partial charge in [0.1, 0.15) is 32.9 Å². The highest BCUT2D eigenvalue weighted by Gasteiger charge is 2.40. The number of likely N-dealkylation sites (tertiary alicyclic amines) is 1. The lowest BCUT2D eigenvalue weighted by Crippen LogP contribution is -2.53. The molecule has 1 aliphatic heterocycles. The molecule has 1 aliphatic carbocycles. The molecule has 1 saturated heterocycles. The molecule has 1 N–H and O–H groups in total. The quantitative estimate of drug-likeness (QED) is 0.424. The highest BCUT2D eigenvalue weighted by atomic mass is 32.1. The van der Waals surface area contributed by atoms with Gasteiger partial charge in [0.15, 0.2) is 0 Å². The Balaban J connectivity index is 1.46. The molecule has 1 saturated carbocycles. The molecular weight excluding hydrogens is 482 g/mol. The molecule has 196 valence electrons. The summed E-state index contributed by atoms with van der Waals surface area (Å²) in [5.74, 6) is 0.849. The standard InChI is InChI=1S/C29H37N5O2S/c1-4-18(2)26(35)32-24(21-14-9-6-10-15-21)29(36)34-17-11-16-22(34)27-33-25-23(20-12-7-5-8-13-20)30-19(3)31-28(25)37-27/h5,7-8,12-13,18,21-22,24H,4,6,9-11,14-17H2,1-3H3,(H,32,35)/t18-,22+,24+/m1/s1. The van der Waals surface area contributed by atoms with Gasteiger partial charge in [-0.15, -0.1) is 0 Å². The van der Waals surface area contributed by atoms with Crippen LogP contribution in [-0.4, -0.2) is 44.3 Å². The lowest BCUT2D eigenvalue weighted by atomic mass is 9.83. The fourth-order valence-corrected chi connectivity index (χ4v) is 6.81. The summed E-state index contributed by atoms with van der Waals surface area (Å²) in [6.45, 7) is 6.55. The second-order valence-electron chi connectivity index (χ2n) is 10.6. The molecule has 8 heteroatoms. The Bertz CT molecular complexity index is 1250. The van der Waals surface area contributed by atoms with Gasteiger partial charge in [0, 0.05) is 18.0 Å². The number of thiazole rings is 1. The van der Waals surface area contributed by atoms with Crippen LogP contribution in [-0.2, 0) is 9.59 Å². The van der Waals surface area contributed by atoms with Crippen LogP contribution in [0.5, 0.6) is 0 Å². The number of hydrogen-bond acceptors (Lipinski definition) is 6. The molecule has 2 aliphatic rings. The number of benzene rings is 1. The molecule has 1 aromatic carbocycles.